The summed E-state index contributed by atoms with van der Waals surface area (Å²) in [7, 11) is 0. The molecule has 0 bridgehead atoms. The molecule has 2 rings (SSSR count). The maximum atomic E-state index is 12.1. The minimum absolute atomic E-state index is 0.120. The molecule has 1 aliphatic rings. The predicted molar refractivity (Wildman–Crippen MR) is 63.0 cm³/mol. The molecule has 1 saturated heterocycles. The summed E-state index contributed by atoms with van der Waals surface area (Å²) in [6.45, 7) is 0.752. The van der Waals surface area contributed by atoms with Gasteiger partial charge in [0.05, 0.1) is 0 Å². The lowest BCUT2D eigenvalue weighted by Gasteiger charge is -2.33. The Bertz CT molecular complexity index is 591. The van der Waals surface area contributed by atoms with Crippen molar-refractivity contribution >= 4 is 11.9 Å². The van der Waals surface area contributed by atoms with Gasteiger partial charge in [0, 0.05) is 25.7 Å². The van der Waals surface area contributed by atoms with Gasteiger partial charge in [-0.1, -0.05) is 0 Å². The van der Waals surface area contributed by atoms with Gasteiger partial charge in [0.15, 0.2) is 0 Å². The van der Waals surface area contributed by atoms with E-state index in [-0.39, 0.29) is 18.8 Å². The molecule has 1 aromatic heterocycles. The molecule has 1 aliphatic heterocycles. The van der Waals surface area contributed by atoms with Gasteiger partial charge in [-0.15, -0.1) is 0 Å². The Labute approximate surface area is 106 Å². The molecule has 4 N–H and O–H groups in total. The summed E-state index contributed by atoms with van der Waals surface area (Å²) in [5.41, 5.74) is -1.74. The van der Waals surface area contributed by atoms with E-state index in [4.69, 9.17) is 5.11 Å². The van der Waals surface area contributed by atoms with Crippen LogP contribution in [-0.2, 0) is 4.79 Å². The Morgan fingerprint density at radius 1 is 1.32 bits per heavy atom. The van der Waals surface area contributed by atoms with E-state index in [0.29, 0.717) is 6.54 Å². The molecule has 0 spiro atoms. The van der Waals surface area contributed by atoms with Crippen molar-refractivity contribution in [2.45, 2.75) is 6.04 Å². The lowest BCUT2D eigenvalue weighted by molar-refractivity contribution is -0.142. The van der Waals surface area contributed by atoms with E-state index < -0.39 is 29.2 Å². The molecule has 0 aromatic carbocycles. The molecule has 0 aliphatic carbocycles. The molecular formula is C10H12N4O5. The number of nitrogens with one attached hydrogen (secondary N) is 3. The van der Waals surface area contributed by atoms with Crippen LogP contribution in [0, 0.1) is 0 Å². The zero-order valence-electron chi connectivity index (χ0n) is 9.80. The van der Waals surface area contributed by atoms with Gasteiger partial charge in [-0.3, -0.25) is 14.6 Å². The molecule has 9 nitrogen and oxygen atoms in total. The third-order valence-electron chi connectivity index (χ3n) is 2.78. The molecule has 0 saturated carbocycles. The summed E-state index contributed by atoms with van der Waals surface area (Å²) in [4.78, 5) is 50.7. The molecule has 1 aromatic rings. The third-order valence-corrected chi connectivity index (χ3v) is 2.78. The van der Waals surface area contributed by atoms with Crippen molar-refractivity contribution in [3.8, 4) is 0 Å². The van der Waals surface area contributed by atoms with Gasteiger partial charge in [0.25, 0.3) is 11.5 Å². The van der Waals surface area contributed by atoms with Gasteiger partial charge in [0.2, 0.25) is 0 Å². The van der Waals surface area contributed by atoms with Crippen molar-refractivity contribution in [2.75, 3.05) is 19.6 Å². The topological polar surface area (TPSA) is 135 Å². The Morgan fingerprint density at radius 2 is 2.05 bits per heavy atom. The van der Waals surface area contributed by atoms with E-state index in [2.05, 4.69) is 10.3 Å². The monoisotopic (exact) mass is 268 g/mol. The molecule has 19 heavy (non-hydrogen) atoms. The van der Waals surface area contributed by atoms with E-state index in [1.165, 1.54) is 0 Å². The minimum Gasteiger partial charge on any atom is -0.480 e. The minimum atomic E-state index is -1.15. The second-order valence-corrected chi connectivity index (χ2v) is 4.06. The number of carbonyl (C=O) groups is 2. The highest BCUT2D eigenvalue weighted by molar-refractivity contribution is 5.95. The van der Waals surface area contributed by atoms with Crippen LogP contribution in [0.2, 0.25) is 0 Å². The summed E-state index contributed by atoms with van der Waals surface area (Å²) in [5, 5.41) is 11.9. The first-order valence-electron chi connectivity index (χ1n) is 5.57. The first kappa shape index (κ1) is 13.0. The van der Waals surface area contributed by atoms with Crippen LogP contribution in [0.3, 0.4) is 0 Å². The van der Waals surface area contributed by atoms with Gasteiger partial charge in [-0.25, -0.2) is 9.59 Å². The van der Waals surface area contributed by atoms with Crippen LogP contribution in [0.5, 0.6) is 0 Å². The van der Waals surface area contributed by atoms with Crippen molar-refractivity contribution in [3.05, 3.63) is 32.6 Å². The number of rotatable bonds is 2. The first-order valence-corrected chi connectivity index (χ1v) is 5.57. The Kier molecular flexibility index (Phi) is 3.47. The van der Waals surface area contributed by atoms with E-state index in [1.54, 1.807) is 0 Å². The number of aliphatic carboxylic acids is 1. The lowest BCUT2D eigenvalue weighted by atomic mass is 10.1. The fraction of sp³-hybridized carbons (Fsp3) is 0.400. The molecular weight excluding hydrogens is 256 g/mol. The largest absolute Gasteiger partial charge is 0.480 e. The Hall–Kier alpha value is -2.42. The molecule has 102 valence electrons. The third kappa shape index (κ3) is 2.71. The van der Waals surface area contributed by atoms with E-state index in [0.717, 1.165) is 11.0 Å². The number of H-pyrrole nitrogens is 2. The van der Waals surface area contributed by atoms with Gasteiger partial charge in [0.1, 0.15) is 11.7 Å². The summed E-state index contributed by atoms with van der Waals surface area (Å²) in [6.07, 6.45) is 0. The van der Waals surface area contributed by atoms with Gasteiger partial charge in [-0.2, -0.15) is 0 Å². The van der Waals surface area contributed by atoms with E-state index >= 15 is 0 Å². The van der Waals surface area contributed by atoms with Crippen molar-refractivity contribution in [1.82, 2.24) is 20.2 Å². The number of carboxylic acid groups (broad SMARTS) is 1. The molecule has 2 heterocycles. The number of piperazine rings is 1. The molecule has 1 fully saturated rings. The van der Waals surface area contributed by atoms with Crippen LogP contribution in [-0.4, -0.2) is 57.5 Å². The Morgan fingerprint density at radius 3 is 2.68 bits per heavy atom. The van der Waals surface area contributed by atoms with Crippen LogP contribution in [0.25, 0.3) is 0 Å². The average molecular weight is 268 g/mol. The van der Waals surface area contributed by atoms with Crippen LogP contribution in [0.15, 0.2) is 15.7 Å². The molecule has 0 radical (unpaired) electrons. The number of nitrogens with zero attached hydrogens (tertiary/aromatic N) is 1. The highest BCUT2D eigenvalue weighted by atomic mass is 16.4. The fourth-order valence-electron chi connectivity index (χ4n) is 1.91. The second-order valence-electron chi connectivity index (χ2n) is 4.06. The van der Waals surface area contributed by atoms with Crippen LogP contribution >= 0.6 is 0 Å². The lowest BCUT2D eigenvalue weighted by Crippen LogP contribution is -2.57. The highest BCUT2D eigenvalue weighted by Gasteiger charge is 2.32. The van der Waals surface area contributed by atoms with Crippen molar-refractivity contribution < 1.29 is 14.7 Å². The van der Waals surface area contributed by atoms with Crippen LogP contribution < -0.4 is 16.6 Å². The molecule has 9 heteroatoms. The van der Waals surface area contributed by atoms with Crippen molar-refractivity contribution in [2.24, 2.45) is 0 Å². The molecule has 1 atom stereocenters. The van der Waals surface area contributed by atoms with Gasteiger partial charge in [-0.05, 0) is 0 Å². The molecule has 1 unspecified atom stereocenters. The SMILES string of the molecule is O=C(O)C1CNCCN1C(=O)c1cc(=O)[nH]c(=O)[nH]1. The summed E-state index contributed by atoms with van der Waals surface area (Å²) < 4.78 is 0. The summed E-state index contributed by atoms with van der Waals surface area (Å²) in [6, 6.07) is -0.0888. The zero-order chi connectivity index (χ0) is 14.0. The summed E-state index contributed by atoms with van der Waals surface area (Å²) >= 11 is 0. The number of hydrogen-bond donors (Lipinski definition) is 4. The predicted octanol–water partition coefficient (Wildman–Crippen LogP) is -2.44. The maximum absolute atomic E-state index is 12.1. The van der Waals surface area contributed by atoms with Crippen LogP contribution in [0.4, 0.5) is 0 Å². The van der Waals surface area contributed by atoms with Crippen molar-refractivity contribution in [3.63, 3.8) is 0 Å². The van der Waals surface area contributed by atoms with Gasteiger partial charge < -0.3 is 20.3 Å². The van der Waals surface area contributed by atoms with E-state index in [9.17, 15) is 19.2 Å². The van der Waals surface area contributed by atoms with Crippen molar-refractivity contribution in [1.29, 1.82) is 0 Å². The highest BCUT2D eigenvalue weighted by Crippen LogP contribution is 2.07. The maximum Gasteiger partial charge on any atom is 0.327 e. The van der Waals surface area contributed by atoms with E-state index in [1.807, 2.05) is 4.98 Å². The first-order chi connectivity index (χ1) is 8.99. The van der Waals surface area contributed by atoms with Gasteiger partial charge >= 0.3 is 11.7 Å². The number of carboxylic acids is 1. The second kappa shape index (κ2) is 5.06. The fourth-order valence-corrected chi connectivity index (χ4v) is 1.91. The number of aromatic amines is 2. The number of amides is 1. The molecule has 1 amide bonds. The zero-order valence-corrected chi connectivity index (χ0v) is 9.80. The summed E-state index contributed by atoms with van der Waals surface area (Å²) in [5.74, 6) is -1.83. The number of aromatic nitrogens is 2. The Balaban J connectivity index is 2.33. The quantitative estimate of drug-likeness (QED) is 0.470. The van der Waals surface area contributed by atoms with Crippen LogP contribution in [0.1, 0.15) is 10.5 Å². The number of carbonyl (C=O) groups excluding carboxylic acids is 1. The smallest absolute Gasteiger partial charge is 0.327 e. The normalized spacial score (nSPS) is 19.2. The number of hydrogen-bond acceptors (Lipinski definition) is 5. The standard InChI is InChI=1S/C10H12N4O5/c15-7-3-5(12-10(19)13-7)8(16)14-2-1-11-4-6(14)9(17)18/h3,6,11H,1-2,4H2,(H,17,18)(H2,12,13,15,19). The average Bonchev–Trinajstić information content (AvgIpc) is 2.36.